The molecule has 4 atom stereocenters. The smallest absolute Gasteiger partial charge is 0.302 e. The molecule has 2 saturated heterocycles. The average Bonchev–Trinajstić information content (AvgIpc) is 3.05. The molecule has 0 spiro atoms. The Labute approximate surface area is 88.2 Å². The minimum absolute atomic E-state index is 0.0541. The molecule has 2 fully saturated rings. The van der Waals surface area contributed by atoms with Crippen LogP contribution in [0.4, 0.5) is 0 Å². The number of carbonyl (C=O) groups excluding carboxylic acids is 1. The molecule has 4 heteroatoms. The number of hydrogen-bond donors (Lipinski definition) is 0. The molecule has 0 aromatic heterocycles. The van der Waals surface area contributed by atoms with E-state index in [1.165, 1.54) is 6.92 Å². The molecule has 2 aliphatic heterocycles. The lowest BCUT2D eigenvalue weighted by molar-refractivity contribution is -0.139. The SMILES string of the molecule is C#C[C@@H]1O[C@H]1[C@@H]1O[C@H]1/C=C/COC(C)=O. The van der Waals surface area contributed by atoms with Gasteiger partial charge in [-0.15, -0.1) is 6.42 Å². The van der Waals surface area contributed by atoms with E-state index in [-0.39, 0.29) is 37.0 Å². The fourth-order valence-corrected chi connectivity index (χ4v) is 1.42. The zero-order valence-corrected chi connectivity index (χ0v) is 8.38. The van der Waals surface area contributed by atoms with Gasteiger partial charge in [0.15, 0.2) is 0 Å². The summed E-state index contributed by atoms with van der Waals surface area (Å²) in [5.41, 5.74) is 0. The average molecular weight is 208 g/mol. The van der Waals surface area contributed by atoms with Gasteiger partial charge in [-0.05, 0) is 6.08 Å². The van der Waals surface area contributed by atoms with Gasteiger partial charge in [0.25, 0.3) is 0 Å². The van der Waals surface area contributed by atoms with Gasteiger partial charge in [-0.1, -0.05) is 12.0 Å². The van der Waals surface area contributed by atoms with Crippen molar-refractivity contribution in [2.24, 2.45) is 0 Å². The maximum Gasteiger partial charge on any atom is 0.302 e. The molecule has 0 bridgehead atoms. The van der Waals surface area contributed by atoms with Crippen LogP contribution in [0.15, 0.2) is 12.2 Å². The van der Waals surface area contributed by atoms with E-state index < -0.39 is 0 Å². The van der Waals surface area contributed by atoms with Crippen molar-refractivity contribution in [2.75, 3.05) is 6.61 Å². The first kappa shape index (κ1) is 10.2. The van der Waals surface area contributed by atoms with Crippen molar-refractivity contribution in [3.8, 4) is 12.3 Å². The van der Waals surface area contributed by atoms with Gasteiger partial charge in [-0.25, -0.2) is 0 Å². The quantitative estimate of drug-likeness (QED) is 0.288. The molecule has 2 heterocycles. The summed E-state index contributed by atoms with van der Waals surface area (Å²) in [6.07, 6.45) is 8.93. The summed E-state index contributed by atoms with van der Waals surface area (Å²) in [6, 6.07) is 0. The minimum atomic E-state index is -0.286. The molecule has 2 aliphatic rings. The van der Waals surface area contributed by atoms with Crippen LogP contribution in [-0.4, -0.2) is 37.0 Å². The number of terminal acetylenes is 1. The number of epoxide rings is 2. The van der Waals surface area contributed by atoms with Crippen molar-refractivity contribution in [1.29, 1.82) is 0 Å². The topological polar surface area (TPSA) is 51.4 Å². The standard InChI is InChI=1S/C11H12O4/c1-3-8-10(14-8)11-9(15-11)5-4-6-13-7(2)12/h1,4-5,8-11H,6H2,2H3/b5-4+/t8-,9-,10+,11+/m0/s1. The Kier molecular flexibility index (Phi) is 2.76. The Morgan fingerprint density at radius 3 is 2.93 bits per heavy atom. The highest BCUT2D eigenvalue weighted by atomic mass is 16.7. The van der Waals surface area contributed by atoms with Crippen molar-refractivity contribution < 1.29 is 19.0 Å². The van der Waals surface area contributed by atoms with Gasteiger partial charge in [0, 0.05) is 6.92 Å². The molecule has 0 N–H and O–H groups in total. The van der Waals surface area contributed by atoms with Crippen LogP contribution in [0.2, 0.25) is 0 Å². The van der Waals surface area contributed by atoms with E-state index in [0.29, 0.717) is 0 Å². The number of carbonyl (C=O) groups is 1. The van der Waals surface area contributed by atoms with Crippen LogP contribution >= 0.6 is 0 Å². The lowest BCUT2D eigenvalue weighted by Crippen LogP contribution is -2.03. The summed E-state index contributed by atoms with van der Waals surface area (Å²) in [4.78, 5) is 10.4. The highest BCUT2D eigenvalue weighted by Gasteiger charge is 2.55. The van der Waals surface area contributed by atoms with Crippen LogP contribution in [0.5, 0.6) is 0 Å². The van der Waals surface area contributed by atoms with Crippen molar-refractivity contribution in [3.05, 3.63) is 12.2 Å². The number of hydrogen-bond acceptors (Lipinski definition) is 4. The maximum absolute atomic E-state index is 10.4. The second-order valence-electron chi connectivity index (χ2n) is 3.48. The first-order valence-corrected chi connectivity index (χ1v) is 4.79. The van der Waals surface area contributed by atoms with Gasteiger partial charge >= 0.3 is 5.97 Å². The van der Waals surface area contributed by atoms with Crippen LogP contribution in [0.3, 0.4) is 0 Å². The second-order valence-corrected chi connectivity index (χ2v) is 3.48. The molecule has 0 saturated carbocycles. The molecule has 0 radical (unpaired) electrons. The van der Waals surface area contributed by atoms with E-state index in [2.05, 4.69) is 5.92 Å². The van der Waals surface area contributed by atoms with Crippen LogP contribution in [0.1, 0.15) is 6.92 Å². The normalized spacial score (nSPS) is 37.3. The van der Waals surface area contributed by atoms with Crippen molar-refractivity contribution in [1.82, 2.24) is 0 Å². The highest BCUT2D eigenvalue weighted by Crippen LogP contribution is 2.38. The molecule has 0 aromatic carbocycles. The maximum atomic E-state index is 10.4. The Bertz CT molecular complexity index is 328. The van der Waals surface area contributed by atoms with E-state index >= 15 is 0 Å². The van der Waals surface area contributed by atoms with Crippen molar-refractivity contribution in [3.63, 3.8) is 0 Å². The Morgan fingerprint density at radius 1 is 1.53 bits per heavy atom. The van der Waals surface area contributed by atoms with Gasteiger partial charge in [0.1, 0.15) is 31.0 Å². The Hall–Kier alpha value is -1.31. The largest absolute Gasteiger partial charge is 0.462 e. The second kappa shape index (κ2) is 4.05. The lowest BCUT2D eigenvalue weighted by atomic mass is 10.2. The van der Waals surface area contributed by atoms with Crippen LogP contribution in [-0.2, 0) is 19.0 Å². The molecular formula is C11H12O4. The zero-order valence-electron chi connectivity index (χ0n) is 8.38. The fourth-order valence-electron chi connectivity index (χ4n) is 1.42. The van der Waals surface area contributed by atoms with E-state index in [4.69, 9.17) is 20.6 Å². The summed E-state index contributed by atoms with van der Waals surface area (Å²) < 4.78 is 15.2. The predicted molar refractivity (Wildman–Crippen MR) is 51.9 cm³/mol. The van der Waals surface area contributed by atoms with Crippen LogP contribution < -0.4 is 0 Å². The molecule has 0 aromatic rings. The van der Waals surface area contributed by atoms with E-state index in [1.807, 2.05) is 6.08 Å². The third-order valence-electron chi connectivity index (χ3n) is 2.28. The zero-order chi connectivity index (χ0) is 10.8. The van der Waals surface area contributed by atoms with Crippen molar-refractivity contribution in [2.45, 2.75) is 31.3 Å². The van der Waals surface area contributed by atoms with E-state index in [0.717, 1.165) is 0 Å². The third kappa shape index (κ3) is 2.58. The van der Waals surface area contributed by atoms with E-state index in [9.17, 15) is 4.79 Å². The summed E-state index contributed by atoms with van der Waals surface area (Å²) in [7, 11) is 0. The lowest BCUT2D eigenvalue weighted by Gasteiger charge is -1.93. The molecule has 80 valence electrons. The first-order chi connectivity index (χ1) is 7.22. The van der Waals surface area contributed by atoms with Crippen molar-refractivity contribution >= 4 is 5.97 Å². The Morgan fingerprint density at radius 2 is 2.33 bits per heavy atom. The van der Waals surface area contributed by atoms with Crippen LogP contribution in [0, 0.1) is 12.3 Å². The predicted octanol–water partition coefficient (Wildman–Crippen LogP) is 0.274. The first-order valence-electron chi connectivity index (χ1n) is 4.79. The molecular weight excluding hydrogens is 196 g/mol. The molecule has 15 heavy (non-hydrogen) atoms. The third-order valence-corrected chi connectivity index (χ3v) is 2.28. The molecule has 0 aliphatic carbocycles. The molecule has 0 amide bonds. The van der Waals surface area contributed by atoms with Gasteiger partial charge in [-0.3, -0.25) is 4.79 Å². The number of esters is 1. The fraction of sp³-hybridized carbons (Fsp3) is 0.545. The Balaban J connectivity index is 1.63. The van der Waals surface area contributed by atoms with Gasteiger partial charge in [0.2, 0.25) is 0 Å². The summed E-state index contributed by atoms with van der Waals surface area (Å²) in [5, 5.41) is 0. The van der Waals surface area contributed by atoms with Gasteiger partial charge in [0.05, 0.1) is 0 Å². The monoisotopic (exact) mass is 208 g/mol. The highest BCUT2D eigenvalue weighted by molar-refractivity contribution is 5.65. The van der Waals surface area contributed by atoms with Gasteiger partial charge in [-0.2, -0.15) is 0 Å². The minimum Gasteiger partial charge on any atom is -0.462 e. The molecule has 4 nitrogen and oxygen atoms in total. The molecule has 2 rings (SSSR count). The van der Waals surface area contributed by atoms with Gasteiger partial charge < -0.3 is 14.2 Å². The van der Waals surface area contributed by atoms with Crippen LogP contribution in [0.25, 0.3) is 0 Å². The summed E-state index contributed by atoms with van der Waals surface area (Å²) in [5.74, 6) is 2.23. The number of ether oxygens (including phenoxy) is 3. The van der Waals surface area contributed by atoms with E-state index in [1.54, 1.807) is 6.08 Å². The summed E-state index contributed by atoms with van der Waals surface area (Å²) >= 11 is 0. The summed E-state index contributed by atoms with van der Waals surface area (Å²) in [6.45, 7) is 1.66. The number of rotatable bonds is 4. The molecule has 0 unspecified atom stereocenters.